The van der Waals surface area contributed by atoms with Crippen molar-refractivity contribution in [3.8, 4) is 0 Å². The van der Waals surface area contributed by atoms with Gasteiger partial charge in [-0.15, -0.1) is 0 Å². The van der Waals surface area contributed by atoms with Gasteiger partial charge in [0, 0.05) is 0 Å². The lowest BCUT2D eigenvalue weighted by atomic mass is 9.81. The maximum atomic E-state index is 12.4. The minimum atomic E-state index is -0.307. The van der Waals surface area contributed by atoms with Crippen LogP contribution in [0, 0.1) is 11.8 Å². The molecule has 0 unspecified atom stereocenters. The number of rotatable bonds is 6. The van der Waals surface area contributed by atoms with Crippen LogP contribution in [0.5, 0.6) is 0 Å². The highest BCUT2D eigenvalue weighted by Gasteiger charge is 2.48. The van der Waals surface area contributed by atoms with E-state index in [2.05, 4.69) is 5.32 Å². The van der Waals surface area contributed by atoms with E-state index in [0.29, 0.717) is 6.54 Å². The van der Waals surface area contributed by atoms with Crippen molar-refractivity contribution in [1.82, 2.24) is 10.2 Å². The number of furan rings is 1. The fourth-order valence-electron chi connectivity index (χ4n) is 3.88. The highest BCUT2D eigenvalue weighted by molar-refractivity contribution is 6.07. The van der Waals surface area contributed by atoms with Crippen LogP contribution in [-0.4, -0.2) is 49.8 Å². The van der Waals surface area contributed by atoms with E-state index in [1.165, 1.54) is 0 Å². The van der Waals surface area contributed by atoms with E-state index in [-0.39, 0.29) is 42.1 Å². The average Bonchev–Trinajstić information content (AvgIpc) is 3.19. The van der Waals surface area contributed by atoms with Crippen molar-refractivity contribution in [2.75, 3.05) is 27.2 Å². The Kier molecular flexibility index (Phi) is 5.22. The van der Waals surface area contributed by atoms with Crippen LogP contribution in [-0.2, 0) is 14.4 Å². The first-order valence-electron chi connectivity index (χ1n) is 8.94. The molecule has 7 heteroatoms. The van der Waals surface area contributed by atoms with Crippen LogP contribution in [0.2, 0.25) is 0 Å². The van der Waals surface area contributed by atoms with E-state index in [1.54, 1.807) is 6.26 Å². The van der Waals surface area contributed by atoms with E-state index in [1.807, 2.05) is 26.2 Å². The van der Waals surface area contributed by atoms with Crippen molar-refractivity contribution in [2.45, 2.75) is 31.7 Å². The number of likely N-dealkylation sites (N-methyl/N-ethyl adjacent to an activating group) is 1. The monoisotopic (exact) mass is 348 g/mol. The highest BCUT2D eigenvalue weighted by Crippen LogP contribution is 2.37. The van der Waals surface area contributed by atoms with Crippen LogP contribution in [0.4, 0.5) is 0 Å². The van der Waals surface area contributed by atoms with Gasteiger partial charge in [-0.3, -0.25) is 19.3 Å². The Bertz CT molecular complexity index is 617. The van der Waals surface area contributed by atoms with Gasteiger partial charge in [-0.2, -0.15) is 0 Å². The second-order valence-corrected chi connectivity index (χ2v) is 7.21. The second-order valence-electron chi connectivity index (χ2n) is 7.21. The number of imide groups is 1. The summed E-state index contributed by atoms with van der Waals surface area (Å²) in [6.07, 6.45) is 5.10. The molecule has 0 radical (unpaired) electrons. The highest BCUT2D eigenvalue weighted by atomic mass is 16.3. The first kappa shape index (κ1) is 17.7. The fourth-order valence-corrected chi connectivity index (χ4v) is 3.88. The van der Waals surface area contributed by atoms with Gasteiger partial charge < -0.3 is 14.6 Å². The van der Waals surface area contributed by atoms with Crippen LogP contribution < -0.4 is 10.2 Å². The number of nitrogens with zero attached hydrogens (tertiary/aromatic N) is 1. The molecule has 7 nitrogen and oxygen atoms in total. The van der Waals surface area contributed by atoms with E-state index < -0.39 is 0 Å². The second kappa shape index (κ2) is 7.39. The predicted octanol–water partition coefficient (Wildman–Crippen LogP) is -0.243. The summed E-state index contributed by atoms with van der Waals surface area (Å²) >= 11 is 0. The van der Waals surface area contributed by atoms with Crippen molar-refractivity contribution < 1.29 is 23.7 Å². The summed E-state index contributed by atoms with van der Waals surface area (Å²) in [6, 6.07) is 3.67. The summed E-state index contributed by atoms with van der Waals surface area (Å²) < 4.78 is 5.43. The Balaban J connectivity index is 1.57. The number of hydrogen-bond donors (Lipinski definition) is 2. The largest absolute Gasteiger partial charge is 0.463 e. The normalized spacial score (nSPS) is 24.5. The molecule has 25 heavy (non-hydrogen) atoms. The quantitative estimate of drug-likeness (QED) is 0.695. The zero-order valence-electron chi connectivity index (χ0n) is 14.8. The molecule has 3 rings (SSSR count). The fraction of sp³-hybridized carbons (Fsp3) is 0.611. The average molecular weight is 348 g/mol. The maximum Gasteiger partial charge on any atom is 0.240 e. The number of carbonyl (C=O) groups excluding carboxylic acids is 3. The molecule has 2 heterocycles. The lowest BCUT2D eigenvalue weighted by molar-refractivity contribution is -0.891. The van der Waals surface area contributed by atoms with Crippen LogP contribution >= 0.6 is 0 Å². The molecule has 3 atom stereocenters. The van der Waals surface area contributed by atoms with Gasteiger partial charge >= 0.3 is 0 Å². The summed E-state index contributed by atoms with van der Waals surface area (Å²) in [4.78, 5) is 39.4. The van der Waals surface area contributed by atoms with E-state index in [9.17, 15) is 14.4 Å². The van der Waals surface area contributed by atoms with Gasteiger partial charge in [-0.1, -0.05) is 12.8 Å². The van der Waals surface area contributed by atoms with Gasteiger partial charge in [-0.25, -0.2) is 0 Å². The topological polar surface area (TPSA) is 84.1 Å². The Morgan fingerprint density at radius 1 is 1.28 bits per heavy atom. The minimum Gasteiger partial charge on any atom is -0.463 e. The molecule has 136 valence electrons. The molecule has 2 aliphatic rings. The molecule has 1 aliphatic carbocycles. The van der Waals surface area contributed by atoms with E-state index >= 15 is 0 Å². The van der Waals surface area contributed by atoms with Crippen molar-refractivity contribution >= 4 is 17.7 Å². The number of likely N-dealkylation sites (tertiary alicyclic amines) is 1. The standard InChI is InChI=1S/C18H25N3O4/c1-20(2)14(15-8-5-9-25-15)10-19-16(22)11-21-17(23)12-6-3-4-7-13(12)18(21)24/h5,8-9,12-14H,3-4,6-7,10-11H2,1-2H3,(H,19,22)/p+1/t12-,13+,14-/m1/s1. The van der Waals surface area contributed by atoms with Crippen molar-refractivity contribution in [2.24, 2.45) is 11.8 Å². The molecule has 1 aromatic heterocycles. The Hall–Kier alpha value is -2.15. The van der Waals surface area contributed by atoms with E-state index in [4.69, 9.17) is 4.42 Å². The summed E-state index contributed by atoms with van der Waals surface area (Å²) in [5, 5.41) is 2.84. The summed E-state index contributed by atoms with van der Waals surface area (Å²) in [6.45, 7) is 0.204. The molecule has 3 amide bonds. The Morgan fingerprint density at radius 3 is 2.44 bits per heavy atom. The molecule has 1 saturated carbocycles. The first-order chi connectivity index (χ1) is 12.0. The molecular weight excluding hydrogens is 322 g/mol. The summed E-state index contributed by atoms with van der Waals surface area (Å²) in [5.41, 5.74) is 0. The molecule has 1 aromatic rings. The van der Waals surface area contributed by atoms with Gasteiger partial charge in [0.05, 0.1) is 38.7 Å². The molecule has 0 bridgehead atoms. The van der Waals surface area contributed by atoms with Crippen LogP contribution in [0.25, 0.3) is 0 Å². The molecule has 1 saturated heterocycles. The lowest BCUT2D eigenvalue weighted by Gasteiger charge is -2.20. The zero-order chi connectivity index (χ0) is 18.0. The molecular formula is C18H26N3O4+. The van der Waals surface area contributed by atoms with Gasteiger partial charge in [0.1, 0.15) is 6.54 Å². The van der Waals surface area contributed by atoms with E-state index in [0.717, 1.165) is 41.2 Å². The number of fused-ring (bicyclic) bond motifs is 1. The van der Waals surface area contributed by atoms with Crippen LogP contribution in [0.3, 0.4) is 0 Å². The lowest BCUT2D eigenvalue weighted by Crippen LogP contribution is -3.07. The third kappa shape index (κ3) is 3.61. The Morgan fingerprint density at radius 2 is 1.92 bits per heavy atom. The van der Waals surface area contributed by atoms with Gasteiger partial charge in [0.2, 0.25) is 17.7 Å². The third-order valence-corrected chi connectivity index (χ3v) is 5.32. The van der Waals surface area contributed by atoms with Crippen molar-refractivity contribution in [1.29, 1.82) is 0 Å². The van der Waals surface area contributed by atoms with Crippen molar-refractivity contribution in [3.63, 3.8) is 0 Å². The Labute approximate surface area is 147 Å². The number of nitrogens with one attached hydrogen (secondary N) is 2. The smallest absolute Gasteiger partial charge is 0.240 e. The summed E-state index contributed by atoms with van der Waals surface area (Å²) in [7, 11) is 3.97. The molecule has 2 fully saturated rings. The third-order valence-electron chi connectivity index (χ3n) is 5.32. The number of quaternary nitrogens is 1. The van der Waals surface area contributed by atoms with Gasteiger partial charge in [-0.05, 0) is 25.0 Å². The number of amides is 3. The molecule has 1 aliphatic heterocycles. The predicted molar refractivity (Wildman–Crippen MR) is 89.4 cm³/mol. The number of hydrogen-bond acceptors (Lipinski definition) is 4. The molecule has 0 aromatic carbocycles. The molecule has 0 spiro atoms. The summed E-state index contributed by atoms with van der Waals surface area (Å²) in [5.74, 6) is -0.290. The SMILES string of the molecule is C[NH+](C)[C@H](CNC(=O)CN1C(=O)[C@H]2CCCC[C@H]2C1=O)c1ccco1. The molecule has 2 N–H and O–H groups in total. The zero-order valence-corrected chi connectivity index (χ0v) is 14.8. The minimum absolute atomic E-state index is 0.0217. The van der Waals surface area contributed by atoms with Gasteiger partial charge in [0.25, 0.3) is 0 Å². The van der Waals surface area contributed by atoms with Crippen LogP contribution in [0.1, 0.15) is 37.5 Å². The van der Waals surface area contributed by atoms with Gasteiger partial charge in [0.15, 0.2) is 11.8 Å². The van der Waals surface area contributed by atoms with Crippen molar-refractivity contribution in [3.05, 3.63) is 24.2 Å². The maximum absolute atomic E-state index is 12.4. The first-order valence-corrected chi connectivity index (χ1v) is 8.94. The number of carbonyl (C=O) groups is 3. The van der Waals surface area contributed by atoms with Crippen LogP contribution in [0.15, 0.2) is 22.8 Å².